The molecule has 0 spiro atoms. The van der Waals surface area contributed by atoms with Gasteiger partial charge in [0.25, 0.3) is 0 Å². The molecule has 0 aliphatic rings. The molecule has 2 unspecified atom stereocenters. The van der Waals surface area contributed by atoms with Crippen LogP contribution in [0.1, 0.15) is 41.0 Å². The monoisotopic (exact) mass is 394 g/mol. The quantitative estimate of drug-likeness (QED) is 0.455. The Morgan fingerprint density at radius 1 is 1.28 bits per heavy atom. The number of esters is 1. The maximum atomic E-state index is 12.4. The summed E-state index contributed by atoms with van der Waals surface area (Å²) in [5.74, 6) is -1.17. The zero-order chi connectivity index (χ0) is 19.8. The molecule has 0 rings (SSSR count). The van der Waals surface area contributed by atoms with Crippen molar-refractivity contribution in [1.82, 2.24) is 10.6 Å². The summed E-state index contributed by atoms with van der Waals surface area (Å²) in [4.78, 5) is 35.1. The van der Waals surface area contributed by atoms with Crippen LogP contribution < -0.4 is 10.6 Å². The van der Waals surface area contributed by atoms with Crippen LogP contribution in [0, 0.1) is 5.92 Å². The maximum absolute atomic E-state index is 12.4. The maximum Gasteiger partial charge on any atom is 0.308 e. The van der Waals surface area contributed by atoms with Gasteiger partial charge in [-0.2, -0.15) is 0 Å². The average Bonchev–Trinajstić information content (AvgIpc) is 2.41. The first kappa shape index (κ1) is 23.6. The molecule has 0 fully saturated rings. The summed E-state index contributed by atoms with van der Waals surface area (Å²) in [6.45, 7) is 8.72. The molecule has 3 atom stereocenters. The van der Waals surface area contributed by atoms with E-state index >= 15 is 0 Å². The summed E-state index contributed by atoms with van der Waals surface area (Å²) in [6, 6.07) is -1.58. The fraction of sp³-hybridized carbons (Fsp3) is 0.688. The Morgan fingerprint density at radius 3 is 2.24 bits per heavy atom. The van der Waals surface area contributed by atoms with E-state index in [1.54, 1.807) is 34.6 Å². The predicted molar refractivity (Wildman–Crippen MR) is 98.2 cm³/mol. The topological polar surface area (TPSA) is 102 Å². The van der Waals surface area contributed by atoms with Crippen LogP contribution in [0.25, 0.3) is 0 Å². The highest BCUT2D eigenvalue weighted by molar-refractivity contribution is 7.90. The number of hydrogen-bond donors (Lipinski definition) is 2. The normalized spacial score (nSPS) is 15.9. The van der Waals surface area contributed by atoms with Gasteiger partial charge in [-0.3, -0.25) is 18.6 Å². The second-order valence-electron chi connectivity index (χ2n) is 6.84. The molecule has 9 heteroatoms. The highest BCUT2D eigenvalue weighted by atomic mass is 35.5. The Morgan fingerprint density at radius 2 is 1.84 bits per heavy atom. The summed E-state index contributed by atoms with van der Waals surface area (Å²) in [5, 5.41) is 5.06. The summed E-state index contributed by atoms with van der Waals surface area (Å²) >= 11 is 5.90. The smallest absolute Gasteiger partial charge is 0.308 e. The minimum Gasteiger partial charge on any atom is -0.460 e. The number of carbonyl (C=O) groups excluding carboxylic acids is 3. The fourth-order valence-corrected chi connectivity index (χ4v) is 2.39. The third kappa shape index (κ3) is 10.2. The van der Waals surface area contributed by atoms with Gasteiger partial charge in [0.1, 0.15) is 16.0 Å². The minimum atomic E-state index is -1.45. The molecule has 0 aromatic rings. The molecule has 0 aliphatic heterocycles. The fourth-order valence-electron chi connectivity index (χ4n) is 1.89. The van der Waals surface area contributed by atoms with Crippen molar-refractivity contribution in [1.29, 1.82) is 0 Å². The van der Waals surface area contributed by atoms with Crippen LogP contribution in [0.15, 0.2) is 10.4 Å². The number of halogens is 1. The van der Waals surface area contributed by atoms with Crippen molar-refractivity contribution in [3.63, 3.8) is 0 Å². The van der Waals surface area contributed by atoms with Gasteiger partial charge in [-0.05, 0) is 32.8 Å². The molecule has 0 aliphatic carbocycles. The Balaban J connectivity index is 5.29. The van der Waals surface area contributed by atoms with Gasteiger partial charge in [-0.1, -0.05) is 25.4 Å². The summed E-state index contributed by atoms with van der Waals surface area (Å²) in [6.07, 6.45) is 2.99. The molecule has 144 valence electrons. The molecule has 2 N–H and O–H groups in total. The lowest BCUT2D eigenvalue weighted by Crippen LogP contribution is -2.50. The van der Waals surface area contributed by atoms with Crippen molar-refractivity contribution in [2.75, 3.05) is 6.26 Å². The lowest BCUT2D eigenvalue weighted by molar-refractivity contribution is -0.155. The van der Waals surface area contributed by atoms with E-state index in [2.05, 4.69) is 10.6 Å². The van der Waals surface area contributed by atoms with Gasteiger partial charge in [-0.25, -0.2) is 0 Å². The molecule has 25 heavy (non-hydrogen) atoms. The molecular weight excluding hydrogens is 368 g/mol. The third-order valence-corrected chi connectivity index (χ3v) is 4.40. The Kier molecular flexibility index (Phi) is 9.96. The molecule has 7 nitrogen and oxygen atoms in total. The average molecular weight is 395 g/mol. The van der Waals surface area contributed by atoms with Crippen molar-refractivity contribution in [2.45, 2.75) is 58.7 Å². The van der Waals surface area contributed by atoms with Crippen molar-refractivity contribution in [2.24, 2.45) is 5.92 Å². The van der Waals surface area contributed by atoms with Crippen LogP contribution in [0.3, 0.4) is 0 Å². The Hall–Kier alpha value is -1.41. The van der Waals surface area contributed by atoms with Gasteiger partial charge in [-0.15, -0.1) is 0 Å². The first-order chi connectivity index (χ1) is 11.4. The van der Waals surface area contributed by atoms with Gasteiger partial charge in [0.2, 0.25) is 12.3 Å². The van der Waals surface area contributed by atoms with Crippen LogP contribution in [0.4, 0.5) is 0 Å². The van der Waals surface area contributed by atoms with Crippen LogP contribution in [0.2, 0.25) is 0 Å². The van der Waals surface area contributed by atoms with E-state index < -0.39 is 40.4 Å². The minimum absolute atomic E-state index is 0.0123. The van der Waals surface area contributed by atoms with Crippen molar-refractivity contribution in [3.8, 4) is 0 Å². The Bertz CT molecular complexity index is 543. The van der Waals surface area contributed by atoms with Crippen molar-refractivity contribution in [3.05, 3.63) is 10.4 Å². The number of carbonyl (C=O) groups is 3. The summed E-state index contributed by atoms with van der Waals surface area (Å²) < 4.78 is 16.7. The van der Waals surface area contributed by atoms with Crippen LogP contribution >= 0.6 is 11.6 Å². The molecule has 0 saturated carbocycles. The Labute approximate surface area is 156 Å². The SMILES string of the molecule is CC(C)[C@H](NC=O)C(=O)NC(/C=C(\Cl)S(C)=O)CC(=O)OC(C)(C)C. The van der Waals surface area contributed by atoms with Gasteiger partial charge < -0.3 is 15.4 Å². The van der Waals surface area contributed by atoms with Crippen LogP contribution in [-0.4, -0.2) is 46.4 Å². The van der Waals surface area contributed by atoms with Gasteiger partial charge in [0, 0.05) is 6.26 Å². The number of rotatable bonds is 9. The van der Waals surface area contributed by atoms with Crippen molar-refractivity contribution >= 4 is 40.7 Å². The van der Waals surface area contributed by atoms with E-state index in [0.29, 0.717) is 6.41 Å². The molecule has 0 bridgehead atoms. The second kappa shape index (κ2) is 10.6. The lowest BCUT2D eigenvalue weighted by atomic mass is 10.0. The van der Waals surface area contributed by atoms with Crippen LogP contribution in [0.5, 0.6) is 0 Å². The molecule has 0 saturated heterocycles. The van der Waals surface area contributed by atoms with Gasteiger partial charge >= 0.3 is 5.97 Å². The number of ether oxygens (including phenoxy) is 1. The first-order valence-electron chi connectivity index (χ1n) is 7.80. The largest absolute Gasteiger partial charge is 0.460 e. The second-order valence-corrected chi connectivity index (χ2v) is 8.82. The van der Waals surface area contributed by atoms with Gasteiger partial charge in [0.05, 0.1) is 23.3 Å². The van der Waals surface area contributed by atoms with E-state index in [0.717, 1.165) is 0 Å². The number of hydrogen-bond acceptors (Lipinski definition) is 5. The number of nitrogens with one attached hydrogen (secondary N) is 2. The summed E-state index contributed by atoms with van der Waals surface area (Å²) in [5.41, 5.74) is -0.674. The third-order valence-electron chi connectivity index (χ3n) is 2.94. The first-order valence-corrected chi connectivity index (χ1v) is 9.73. The zero-order valence-electron chi connectivity index (χ0n) is 15.4. The highest BCUT2D eigenvalue weighted by Crippen LogP contribution is 2.13. The molecule has 2 amide bonds. The zero-order valence-corrected chi connectivity index (χ0v) is 17.0. The molecule has 0 aromatic heterocycles. The lowest BCUT2D eigenvalue weighted by Gasteiger charge is -2.24. The van der Waals surface area contributed by atoms with E-state index in [4.69, 9.17) is 16.3 Å². The molecule has 0 aromatic carbocycles. The van der Waals surface area contributed by atoms with E-state index in [-0.39, 0.29) is 16.7 Å². The molecular formula is C16H27ClN2O5S. The van der Waals surface area contributed by atoms with E-state index in [1.807, 2.05) is 0 Å². The molecule has 0 radical (unpaired) electrons. The standard InChI is InChI=1S/C16H27ClN2O5S/c1-10(2)14(18-9-20)15(22)19-11(7-12(17)25(6)23)8-13(21)24-16(3,4)5/h7,9-11,14H,8H2,1-6H3,(H,18,20)(H,19,22)/b12-7+/t11?,14-,25?/m0/s1. The predicted octanol–water partition coefficient (Wildman–Crippen LogP) is 1.43. The number of amides is 2. The molecule has 0 heterocycles. The van der Waals surface area contributed by atoms with E-state index in [1.165, 1.54) is 12.3 Å². The van der Waals surface area contributed by atoms with E-state index in [9.17, 15) is 18.6 Å². The van der Waals surface area contributed by atoms with Crippen LogP contribution in [-0.2, 0) is 29.9 Å². The van der Waals surface area contributed by atoms with Crippen molar-refractivity contribution < 1.29 is 23.3 Å². The summed E-state index contributed by atoms with van der Waals surface area (Å²) in [7, 11) is -1.45. The highest BCUT2D eigenvalue weighted by Gasteiger charge is 2.26. The van der Waals surface area contributed by atoms with Gasteiger partial charge in [0.15, 0.2) is 0 Å².